The number of halogens is 3. The van der Waals surface area contributed by atoms with E-state index in [9.17, 15) is 18.7 Å². The van der Waals surface area contributed by atoms with Crippen LogP contribution in [0.3, 0.4) is 0 Å². The average molecular weight is 411 g/mol. The number of benzene rings is 2. The Morgan fingerprint density at radius 2 is 1.79 bits per heavy atom. The molecule has 1 saturated heterocycles. The zero-order valence-corrected chi connectivity index (χ0v) is 15.9. The molecule has 2 aromatic rings. The Bertz CT molecular complexity index is 812. The predicted molar refractivity (Wildman–Crippen MR) is 102 cm³/mol. The minimum Gasteiger partial charge on any atom is -0.491 e. The first kappa shape index (κ1) is 20.5. The number of nitrogens with zero attached hydrogens (tertiary/aromatic N) is 2. The third-order valence-corrected chi connectivity index (χ3v) is 4.78. The van der Waals surface area contributed by atoms with Gasteiger partial charge in [0.2, 0.25) is 0 Å². The summed E-state index contributed by atoms with van der Waals surface area (Å²) in [5.41, 5.74) is 0.00517. The molecule has 0 bridgehead atoms. The van der Waals surface area contributed by atoms with Gasteiger partial charge in [-0.15, -0.1) is 0 Å². The Kier molecular flexibility index (Phi) is 6.83. The van der Waals surface area contributed by atoms with Gasteiger partial charge in [-0.2, -0.15) is 0 Å². The number of carbonyl (C=O) groups excluding carboxylic acids is 1. The van der Waals surface area contributed by atoms with Gasteiger partial charge in [0, 0.05) is 37.7 Å². The Morgan fingerprint density at radius 1 is 1.11 bits per heavy atom. The lowest BCUT2D eigenvalue weighted by atomic mass is 10.1. The molecule has 1 heterocycles. The number of hydrogen-bond donors (Lipinski definition) is 1. The van der Waals surface area contributed by atoms with Crippen molar-refractivity contribution in [3.05, 3.63) is 64.7 Å². The Hall–Kier alpha value is -2.22. The van der Waals surface area contributed by atoms with E-state index in [-0.39, 0.29) is 28.9 Å². The van der Waals surface area contributed by atoms with Gasteiger partial charge in [0.05, 0.1) is 5.56 Å². The van der Waals surface area contributed by atoms with Crippen LogP contribution < -0.4 is 4.74 Å². The molecular formula is C20H21ClF2N2O3. The summed E-state index contributed by atoms with van der Waals surface area (Å²) < 4.78 is 32.3. The number of amides is 1. The standard InChI is InChI=1S/C20H21ClF2N2O3/c21-14-1-6-18(19(23)11-14)20(27)25-9-7-24(8-10-25)12-16(26)13-28-17-4-2-15(22)3-5-17/h1-6,11,16,26H,7-10,12-13H2. The highest BCUT2D eigenvalue weighted by Gasteiger charge is 2.25. The van der Waals surface area contributed by atoms with Crippen molar-refractivity contribution in [3.8, 4) is 5.75 Å². The number of rotatable bonds is 6. The van der Waals surface area contributed by atoms with Gasteiger partial charge in [-0.05, 0) is 42.5 Å². The summed E-state index contributed by atoms with van der Waals surface area (Å²) in [6.45, 7) is 2.47. The predicted octanol–water partition coefficient (Wildman–Crippen LogP) is 2.82. The fourth-order valence-electron chi connectivity index (χ4n) is 3.04. The van der Waals surface area contributed by atoms with Gasteiger partial charge in [-0.3, -0.25) is 9.69 Å². The zero-order chi connectivity index (χ0) is 20.1. The Labute approximate surface area is 167 Å². The summed E-state index contributed by atoms with van der Waals surface area (Å²) >= 11 is 5.72. The number of piperazine rings is 1. The van der Waals surface area contributed by atoms with Gasteiger partial charge in [0.25, 0.3) is 5.91 Å². The van der Waals surface area contributed by atoms with E-state index < -0.39 is 11.9 Å². The Balaban J connectivity index is 1.44. The lowest BCUT2D eigenvalue weighted by Gasteiger charge is -2.35. The number of aliphatic hydroxyl groups is 1. The summed E-state index contributed by atoms with van der Waals surface area (Å²) in [5, 5.41) is 10.4. The van der Waals surface area contributed by atoms with Crippen LogP contribution in [0.25, 0.3) is 0 Å². The second-order valence-corrected chi connectivity index (χ2v) is 7.07. The maximum atomic E-state index is 13.9. The van der Waals surface area contributed by atoms with Crippen LogP contribution in [0.1, 0.15) is 10.4 Å². The molecule has 1 aliphatic rings. The van der Waals surface area contributed by atoms with Gasteiger partial charge in [0.1, 0.15) is 30.1 Å². The summed E-state index contributed by atoms with van der Waals surface area (Å²) in [7, 11) is 0. The molecule has 0 aromatic heterocycles. The van der Waals surface area contributed by atoms with Crippen molar-refractivity contribution in [1.29, 1.82) is 0 Å². The monoisotopic (exact) mass is 410 g/mol. The van der Waals surface area contributed by atoms with Crippen LogP contribution in [0.2, 0.25) is 5.02 Å². The van der Waals surface area contributed by atoms with E-state index in [1.54, 1.807) is 4.90 Å². The van der Waals surface area contributed by atoms with Crippen LogP contribution >= 0.6 is 11.6 Å². The maximum Gasteiger partial charge on any atom is 0.256 e. The molecule has 0 spiro atoms. The fraction of sp³-hybridized carbons (Fsp3) is 0.350. The molecule has 0 radical (unpaired) electrons. The van der Waals surface area contributed by atoms with E-state index in [0.717, 1.165) is 6.07 Å². The molecule has 0 aliphatic carbocycles. The van der Waals surface area contributed by atoms with Crippen LogP contribution in [0, 0.1) is 11.6 Å². The Morgan fingerprint density at radius 3 is 2.43 bits per heavy atom. The minimum absolute atomic E-state index is 0.00517. The highest BCUT2D eigenvalue weighted by Crippen LogP contribution is 2.17. The number of aliphatic hydroxyl groups excluding tert-OH is 1. The molecule has 1 unspecified atom stereocenters. The van der Waals surface area contributed by atoms with Crippen molar-refractivity contribution in [3.63, 3.8) is 0 Å². The van der Waals surface area contributed by atoms with Gasteiger partial charge in [-0.25, -0.2) is 8.78 Å². The molecule has 1 atom stereocenters. The first-order valence-electron chi connectivity index (χ1n) is 8.95. The van der Waals surface area contributed by atoms with Crippen LogP contribution in [-0.4, -0.2) is 66.2 Å². The van der Waals surface area contributed by atoms with Crippen LogP contribution in [0.4, 0.5) is 8.78 Å². The fourth-order valence-corrected chi connectivity index (χ4v) is 3.20. The quantitative estimate of drug-likeness (QED) is 0.795. The van der Waals surface area contributed by atoms with E-state index in [2.05, 4.69) is 0 Å². The minimum atomic E-state index is -0.721. The lowest BCUT2D eigenvalue weighted by Crippen LogP contribution is -2.51. The van der Waals surface area contributed by atoms with Crippen molar-refractivity contribution in [1.82, 2.24) is 9.80 Å². The number of carbonyl (C=O) groups is 1. The topological polar surface area (TPSA) is 53.0 Å². The first-order valence-corrected chi connectivity index (χ1v) is 9.33. The van der Waals surface area contributed by atoms with Crippen LogP contribution in [0.15, 0.2) is 42.5 Å². The third kappa shape index (κ3) is 5.41. The second kappa shape index (κ2) is 9.32. The molecule has 8 heteroatoms. The van der Waals surface area contributed by atoms with E-state index >= 15 is 0 Å². The number of β-amino-alcohol motifs (C(OH)–C–C–N with tert-alkyl or cyclic N) is 1. The molecule has 150 valence electrons. The smallest absolute Gasteiger partial charge is 0.256 e. The van der Waals surface area contributed by atoms with Crippen molar-refractivity contribution in [2.45, 2.75) is 6.10 Å². The van der Waals surface area contributed by atoms with Crippen molar-refractivity contribution >= 4 is 17.5 Å². The first-order chi connectivity index (χ1) is 13.4. The van der Waals surface area contributed by atoms with Gasteiger partial charge in [-0.1, -0.05) is 11.6 Å². The molecule has 1 aliphatic heterocycles. The van der Waals surface area contributed by atoms with Crippen molar-refractivity contribution < 1.29 is 23.4 Å². The molecule has 0 saturated carbocycles. The SMILES string of the molecule is O=C(c1ccc(Cl)cc1F)N1CCN(CC(O)COc2ccc(F)cc2)CC1. The summed E-state index contributed by atoms with van der Waals surface area (Å²) in [6.07, 6.45) is -0.721. The van der Waals surface area contributed by atoms with E-state index in [1.165, 1.54) is 36.4 Å². The zero-order valence-electron chi connectivity index (χ0n) is 15.2. The van der Waals surface area contributed by atoms with Crippen LogP contribution in [0.5, 0.6) is 5.75 Å². The van der Waals surface area contributed by atoms with Gasteiger partial charge >= 0.3 is 0 Å². The molecule has 28 heavy (non-hydrogen) atoms. The second-order valence-electron chi connectivity index (χ2n) is 6.64. The lowest BCUT2D eigenvalue weighted by molar-refractivity contribution is 0.0401. The summed E-state index contributed by atoms with van der Waals surface area (Å²) in [6, 6.07) is 9.60. The van der Waals surface area contributed by atoms with E-state index in [4.69, 9.17) is 16.3 Å². The van der Waals surface area contributed by atoms with Gasteiger partial charge in [0.15, 0.2) is 0 Å². The third-order valence-electron chi connectivity index (χ3n) is 4.55. The van der Waals surface area contributed by atoms with Crippen molar-refractivity contribution in [2.75, 3.05) is 39.3 Å². The normalized spacial score (nSPS) is 16.1. The summed E-state index contributed by atoms with van der Waals surface area (Å²) in [4.78, 5) is 16.1. The molecular weight excluding hydrogens is 390 g/mol. The largest absolute Gasteiger partial charge is 0.491 e. The molecule has 5 nitrogen and oxygen atoms in total. The number of ether oxygens (including phenoxy) is 1. The molecule has 1 fully saturated rings. The maximum absolute atomic E-state index is 13.9. The van der Waals surface area contributed by atoms with E-state index in [0.29, 0.717) is 38.5 Å². The van der Waals surface area contributed by atoms with E-state index in [1.807, 2.05) is 4.90 Å². The number of hydrogen-bond acceptors (Lipinski definition) is 4. The highest BCUT2D eigenvalue weighted by atomic mass is 35.5. The molecule has 3 rings (SSSR count). The molecule has 1 amide bonds. The average Bonchev–Trinajstić information content (AvgIpc) is 2.68. The van der Waals surface area contributed by atoms with Gasteiger partial charge < -0.3 is 14.7 Å². The molecule has 1 N–H and O–H groups in total. The highest BCUT2D eigenvalue weighted by molar-refractivity contribution is 6.30. The summed E-state index contributed by atoms with van der Waals surface area (Å²) in [5.74, 6) is -0.859. The van der Waals surface area contributed by atoms with Crippen molar-refractivity contribution in [2.24, 2.45) is 0 Å². The van der Waals surface area contributed by atoms with Crippen LogP contribution in [-0.2, 0) is 0 Å². The molecule has 2 aromatic carbocycles.